The van der Waals surface area contributed by atoms with E-state index in [-0.39, 0.29) is 36.1 Å². The molecule has 0 aliphatic rings. The normalized spacial score (nSPS) is 10.6. The van der Waals surface area contributed by atoms with Crippen molar-refractivity contribution in [3.05, 3.63) is 58.1 Å². The lowest BCUT2D eigenvalue weighted by atomic mass is 10.2. The lowest BCUT2D eigenvalue weighted by molar-refractivity contribution is -0.119. The Balaban J connectivity index is 2.00. The molecule has 2 N–H and O–H groups in total. The van der Waals surface area contributed by atoms with E-state index in [1.54, 1.807) is 43.4 Å². The third-order valence-corrected chi connectivity index (χ3v) is 5.67. The zero-order chi connectivity index (χ0) is 22.3. The number of amides is 3. The van der Waals surface area contributed by atoms with Crippen molar-refractivity contribution in [2.75, 3.05) is 24.7 Å². The number of likely N-dealkylation sites (N-methyl/N-ethyl adjacent to an activating group) is 1. The molecule has 0 aliphatic heterocycles. The SMILES string of the molecule is CC(C)NC(=O)CSc1ccccc1C(=O)N(C)CC(=O)Nc1ccc(Cl)c(Cl)c1. The van der Waals surface area contributed by atoms with Crippen LogP contribution in [0.4, 0.5) is 5.69 Å². The largest absolute Gasteiger partial charge is 0.353 e. The van der Waals surface area contributed by atoms with Crippen LogP contribution in [0.2, 0.25) is 10.0 Å². The second-order valence-corrected chi connectivity index (χ2v) is 8.68. The van der Waals surface area contributed by atoms with Gasteiger partial charge >= 0.3 is 0 Å². The summed E-state index contributed by atoms with van der Waals surface area (Å²) in [4.78, 5) is 39.1. The minimum absolute atomic E-state index is 0.0511. The Morgan fingerprint density at radius 1 is 1.03 bits per heavy atom. The molecule has 2 rings (SSSR count). The highest BCUT2D eigenvalue weighted by atomic mass is 35.5. The molecular weight excluding hydrogens is 445 g/mol. The first-order valence-corrected chi connectivity index (χ1v) is 10.9. The fourth-order valence-electron chi connectivity index (χ4n) is 2.54. The topological polar surface area (TPSA) is 78.5 Å². The van der Waals surface area contributed by atoms with Crippen molar-refractivity contribution < 1.29 is 14.4 Å². The van der Waals surface area contributed by atoms with Crippen LogP contribution in [0.5, 0.6) is 0 Å². The van der Waals surface area contributed by atoms with Crippen LogP contribution >= 0.6 is 35.0 Å². The van der Waals surface area contributed by atoms with E-state index >= 15 is 0 Å². The summed E-state index contributed by atoms with van der Waals surface area (Å²) < 4.78 is 0. The minimum Gasteiger partial charge on any atom is -0.353 e. The van der Waals surface area contributed by atoms with Gasteiger partial charge in [0, 0.05) is 23.7 Å². The minimum atomic E-state index is -0.370. The molecule has 0 aliphatic carbocycles. The van der Waals surface area contributed by atoms with Gasteiger partial charge in [-0.2, -0.15) is 0 Å². The maximum absolute atomic E-state index is 12.9. The Morgan fingerprint density at radius 3 is 2.40 bits per heavy atom. The number of nitrogens with one attached hydrogen (secondary N) is 2. The lowest BCUT2D eigenvalue weighted by Gasteiger charge is -2.19. The van der Waals surface area contributed by atoms with Gasteiger partial charge in [-0.15, -0.1) is 11.8 Å². The highest BCUT2D eigenvalue weighted by Crippen LogP contribution is 2.25. The number of anilines is 1. The molecule has 3 amide bonds. The van der Waals surface area contributed by atoms with E-state index < -0.39 is 0 Å². The zero-order valence-corrected chi connectivity index (χ0v) is 19.2. The first-order chi connectivity index (χ1) is 14.2. The molecule has 0 radical (unpaired) electrons. The summed E-state index contributed by atoms with van der Waals surface area (Å²) >= 11 is 13.1. The second-order valence-electron chi connectivity index (χ2n) is 6.85. The van der Waals surface area contributed by atoms with Crippen LogP contribution in [0, 0.1) is 0 Å². The number of carbonyl (C=O) groups excluding carboxylic acids is 3. The number of rotatable bonds is 8. The van der Waals surface area contributed by atoms with Crippen molar-refractivity contribution in [2.24, 2.45) is 0 Å². The first kappa shape index (κ1) is 24.1. The van der Waals surface area contributed by atoms with Gasteiger partial charge in [-0.3, -0.25) is 14.4 Å². The molecule has 0 spiro atoms. The molecule has 0 saturated carbocycles. The van der Waals surface area contributed by atoms with E-state index in [4.69, 9.17) is 23.2 Å². The predicted molar refractivity (Wildman–Crippen MR) is 122 cm³/mol. The van der Waals surface area contributed by atoms with Gasteiger partial charge in [0.05, 0.1) is 27.9 Å². The molecule has 0 aromatic heterocycles. The van der Waals surface area contributed by atoms with E-state index in [1.165, 1.54) is 22.7 Å². The number of nitrogens with zero attached hydrogens (tertiary/aromatic N) is 1. The molecule has 2 aromatic carbocycles. The third kappa shape index (κ3) is 7.23. The van der Waals surface area contributed by atoms with E-state index in [2.05, 4.69) is 10.6 Å². The maximum Gasteiger partial charge on any atom is 0.255 e. The Hall–Kier alpha value is -2.22. The number of halogens is 2. The average molecular weight is 468 g/mol. The molecule has 0 heterocycles. The van der Waals surface area contributed by atoms with Crippen LogP contribution in [0.15, 0.2) is 47.4 Å². The summed E-state index contributed by atoms with van der Waals surface area (Å²) in [6, 6.07) is 11.8. The molecule has 0 saturated heterocycles. The molecule has 6 nitrogen and oxygen atoms in total. The van der Waals surface area contributed by atoms with Crippen molar-refractivity contribution in [1.29, 1.82) is 0 Å². The van der Waals surface area contributed by atoms with Crippen molar-refractivity contribution in [3.63, 3.8) is 0 Å². The monoisotopic (exact) mass is 467 g/mol. The van der Waals surface area contributed by atoms with Crippen LogP contribution in [-0.2, 0) is 9.59 Å². The van der Waals surface area contributed by atoms with Crippen molar-refractivity contribution in [2.45, 2.75) is 24.8 Å². The van der Waals surface area contributed by atoms with Crippen LogP contribution < -0.4 is 10.6 Å². The van der Waals surface area contributed by atoms with Gasteiger partial charge in [0.1, 0.15) is 0 Å². The van der Waals surface area contributed by atoms with Crippen LogP contribution in [0.25, 0.3) is 0 Å². The Morgan fingerprint density at radius 2 is 1.73 bits per heavy atom. The molecule has 0 fully saturated rings. The van der Waals surface area contributed by atoms with Gasteiger partial charge < -0.3 is 15.5 Å². The number of thioether (sulfide) groups is 1. The van der Waals surface area contributed by atoms with Gasteiger partial charge in [0.2, 0.25) is 11.8 Å². The van der Waals surface area contributed by atoms with E-state index in [0.717, 1.165) is 0 Å². The molecular formula is C21H23Cl2N3O3S. The summed E-state index contributed by atoms with van der Waals surface area (Å²) in [6.07, 6.45) is 0. The summed E-state index contributed by atoms with van der Waals surface area (Å²) in [5.41, 5.74) is 0.923. The van der Waals surface area contributed by atoms with Gasteiger partial charge in [0.25, 0.3) is 5.91 Å². The number of hydrogen-bond donors (Lipinski definition) is 2. The summed E-state index contributed by atoms with van der Waals surface area (Å²) in [5, 5.41) is 6.21. The molecule has 2 aromatic rings. The molecule has 9 heteroatoms. The number of carbonyl (C=O) groups is 3. The van der Waals surface area contributed by atoms with Crippen LogP contribution in [-0.4, -0.2) is 48.0 Å². The Labute approximate surface area is 190 Å². The Bertz CT molecular complexity index is 937. The molecule has 0 bridgehead atoms. The zero-order valence-electron chi connectivity index (χ0n) is 16.9. The Kier molecular flexibility index (Phi) is 9.02. The van der Waals surface area contributed by atoms with Crippen molar-refractivity contribution in [3.8, 4) is 0 Å². The van der Waals surface area contributed by atoms with Crippen LogP contribution in [0.3, 0.4) is 0 Å². The molecule has 30 heavy (non-hydrogen) atoms. The van der Waals surface area contributed by atoms with E-state index in [9.17, 15) is 14.4 Å². The van der Waals surface area contributed by atoms with Gasteiger partial charge in [0.15, 0.2) is 0 Å². The van der Waals surface area contributed by atoms with E-state index in [1.807, 2.05) is 13.8 Å². The lowest BCUT2D eigenvalue weighted by Crippen LogP contribution is -2.35. The average Bonchev–Trinajstić information content (AvgIpc) is 2.68. The summed E-state index contributed by atoms with van der Waals surface area (Å²) in [6.45, 7) is 3.63. The van der Waals surface area contributed by atoms with E-state index in [0.29, 0.717) is 26.2 Å². The third-order valence-electron chi connectivity index (χ3n) is 3.86. The standard InChI is InChI=1S/C21H23Cl2N3O3S/c1-13(2)24-20(28)12-30-18-7-5-4-6-15(18)21(29)26(3)11-19(27)25-14-8-9-16(22)17(23)10-14/h4-10,13H,11-12H2,1-3H3,(H,24,28)(H,25,27). The molecule has 160 valence electrons. The van der Waals surface area contributed by atoms with Crippen LogP contribution in [0.1, 0.15) is 24.2 Å². The summed E-state index contributed by atoms with van der Waals surface area (Å²) in [5.74, 6) is -0.590. The summed E-state index contributed by atoms with van der Waals surface area (Å²) in [7, 11) is 1.55. The maximum atomic E-state index is 12.9. The fraction of sp³-hybridized carbons (Fsp3) is 0.286. The van der Waals surface area contributed by atoms with Gasteiger partial charge in [-0.25, -0.2) is 0 Å². The second kappa shape index (κ2) is 11.2. The molecule has 0 atom stereocenters. The molecule has 0 unspecified atom stereocenters. The van der Waals surface area contributed by atoms with Gasteiger partial charge in [-0.05, 0) is 44.2 Å². The quantitative estimate of drug-likeness (QED) is 0.566. The predicted octanol–water partition coefficient (Wildman–Crippen LogP) is 4.32. The highest BCUT2D eigenvalue weighted by molar-refractivity contribution is 8.00. The number of hydrogen-bond acceptors (Lipinski definition) is 4. The number of benzene rings is 2. The fourth-order valence-corrected chi connectivity index (χ4v) is 3.70. The van der Waals surface area contributed by atoms with Crippen molar-refractivity contribution >= 4 is 58.4 Å². The highest BCUT2D eigenvalue weighted by Gasteiger charge is 2.19. The van der Waals surface area contributed by atoms with Crippen molar-refractivity contribution in [1.82, 2.24) is 10.2 Å². The smallest absolute Gasteiger partial charge is 0.255 e. The van der Waals surface area contributed by atoms with Gasteiger partial charge in [-0.1, -0.05) is 35.3 Å². The first-order valence-electron chi connectivity index (χ1n) is 9.19.